The summed E-state index contributed by atoms with van der Waals surface area (Å²) >= 11 is 0. The van der Waals surface area contributed by atoms with Gasteiger partial charge in [-0.25, -0.2) is 4.39 Å². The lowest BCUT2D eigenvalue weighted by atomic mass is 10.1. The number of hydrogen-bond acceptors (Lipinski definition) is 4. The number of amides is 1. The van der Waals surface area contributed by atoms with Crippen molar-refractivity contribution in [3.05, 3.63) is 39.7 Å². The van der Waals surface area contributed by atoms with Crippen molar-refractivity contribution < 1.29 is 24.0 Å². The molecule has 108 valence electrons. The Hall–Kier alpha value is -2.51. The maximum atomic E-state index is 13.5. The molecule has 1 amide bonds. The summed E-state index contributed by atoms with van der Waals surface area (Å²) in [5.74, 6) is -2.88. The van der Waals surface area contributed by atoms with Gasteiger partial charge in [0.05, 0.1) is 16.9 Å². The summed E-state index contributed by atoms with van der Waals surface area (Å²) in [5, 5.41) is 21.6. The minimum Gasteiger partial charge on any atom is -0.481 e. The zero-order valence-corrected chi connectivity index (χ0v) is 10.6. The van der Waals surface area contributed by atoms with Gasteiger partial charge in [0, 0.05) is 18.2 Å². The summed E-state index contributed by atoms with van der Waals surface area (Å²) in [6.07, 6.45) is 0.0351. The molecule has 0 radical (unpaired) electrons. The van der Waals surface area contributed by atoms with Gasteiger partial charge in [0.2, 0.25) is 0 Å². The fourth-order valence-corrected chi connectivity index (χ4v) is 1.57. The van der Waals surface area contributed by atoms with Crippen molar-refractivity contribution in [1.29, 1.82) is 0 Å². The summed E-state index contributed by atoms with van der Waals surface area (Å²) in [6, 6.07) is 1.92. The number of carboxylic acids is 1. The largest absolute Gasteiger partial charge is 0.481 e. The first kappa shape index (κ1) is 15.5. The van der Waals surface area contributed by atoms with Crippen LogP contribution in [0.1, 0.15) is 30.1 Å². The number of carbonyl (C=O) groups excluding carboxylic acids is 1. The van der Waals surface area contributed by atoms with Crippen molar-refractivity contribution in [3.8, 4) is 0 Å². The maximum absolute atomic E-state index is 13.5. The molecule has 20 heavy (non-hydrogen) atoms. The Morgan fingerprint density at radius 3 is 2.65 bits per heavy atom. The van der Waals surface area contributed by atoms with Crippen molar-refractivity contribution in [2.75, 3.05) is 0 Å². The molecule has 2 N–H and O–H groups in total. The monoisotopic (exact) mass is 284 g/mol. The summed E-state index contributed by atoms with van der Waals surface area (Å²) < 4.78 is 13.5. The second kappa shape index (κ2) is 6.60. The molecule has 0 spiro atoms. The lowest BCUT2D eigenvalue weighted by Crippen LogP contribution is -2.36. The van der Waals surface area contributed by atoms with E-state index < -0.39 is 39.9 Å². The molecule has 1 aromatic rings. The molecule has 0 heterocycles. The van der Waals surface area contributed by atoms with E-state index in [0.717, 1.165) is 18.2 Å². The number of benzene rings is 1. The SMILES string of the molecule is CCC(CC(=O)O)NC(=O)c1cc([N+](=O)[O-])ccc1F. The Balaban J connectivity index is 2.93. The van der Waals surface area contributed by atoms with Gasteiger partial charge in [-0.1, -0.05) is 6.92 Å². The molecular formula is C12H13FN2O5. The first-order chi connectivity index (χ1) is 9.35. The van der Waals surface area contributed by atoms with Crippen LogP contribution < -0.4 is 5.32 Å². The minimum absolute atomic E-state index is 0.307. The lowest BCUT2D eigenvalue weighted by molar-refractivity contribution is -0.384. The zero-order chi connectivity index (χ0) is 15.3. The minimum atomic E-state index is -1.10. The number of nitro benzene ring substituents is 1. The Morgan fingerprint density at radius 2 is 2.15 bits per heavy atom. The van der Waals surface area contributed by atoms with E-state index in [2.05, 4.69) is 5.32 Å². The van der Waals surface area contributed by atoms with Gasteiger partial charge >= 0.3 is 5.97 Å². The first-order valence-electron chi connectivity index (χ1n) is 5.81. The van der Waals surface area contributed by atoms with Crippen molar-refractivity contribution in [2.45, 2.75) is 25.8 Å². The van der Waals surface area contributed by atoms with Crippen molar-refractivity contribution >= 4 is 17.6 Å². The van der Waals surface area contributed by atoms with Crippen molar-refractivity contribution in [1.82, 2.24) is 5.32 Å². The van der Waals surface area contributed by atoms with E-state index in [1.807, 2.05) is 0 Å². The van der Waals surface area contributed by atoms with Gasteiger partial charge in [-0.05, 0) is 12.5 Å². The summed E-state index contributed by atoms with van der Waals surface area (Å²) in [7, 11) is 0. The predicted octanol–water partition coefficient (Wildman–Crippen LogP) is 1.72. The smallest absolute Gasteiger partial charge is 0.305 e. The summed E-state index contributed by atoms with van der Waals surface area (Å²) in [4.78, 5) is 32.2. The van der Waals surface area contributed by atoms with Crippen LogP contribution in [0.4, 0.5) is 10.1 Å². The Labute approximate surface area is 113 Å². The number of aliphatic carboxylic acids is 1. The summed E-state index contributed by atoms with van der Waals surface area (Å²) in [6.45, 7) is 1.66. The highest BCUT2D eigenvalue weighted by Gasteiger charge is 2.20. The Kier molecular flexibility index (Phi) is 5.13. The molecule has 1 atom stereocenters. The van der Waals surface area contributed by atoms with Crippen LogP contribution in [0.3, 0.4) is 0 Å². The number of carbonyl (C=O) groups is 2. The van der Waals surface area contributed by atoms with E-state index in [1.54, 1.807) is 6.92 Å². The van der Waals surface area contributed by atoms with Gasteiger partial charge in [0.25, 0.3) is 11.6 Å². The number of non-ortho nitro benzene ring substituents is 1. The van der Waals surface area contributed by atoms with Gasteiger partial charge in [0.1, 0.15) is 5.82 Å². The van der Waals surface area contributed by atoms with Crippen molar-refractivity contribution in [3.63, 3.8) is 0 Å². The van der Waals surface area contributed by atoms with Gasteiger partial charge in [-0.3, -0.25) is 19.7 Å². The highest BCUT2D eigenvalue weighted by molar-refractivity contribution is 5.95. The normalized spacial score (nSPS) is 11.7. The number of hydrogen-bond donors (Lipinski definition) is 2. The number of halogens is 1. The van der Waals surface area contributed by atoms with Crippen LogP contribution in [0, 0.1) is 15.9 Å². The molecule has 8 heteroatoms. The first-order valence-corrected chi connectivity index (χ1v) is 5.81. The van der Waals surface area contributed by atoms with Crippen LogP contribution in [-0.2, 0) is 4.79 Å². The number of nitrogens with one attached hydrogen (secondary N) is 1. The second-order valence-electron chi connectivity index (χ2n) is 4.10. The summed E-state index contributed by atoms with van der Waals surface area (Å²) in [5.41, 5.74) is -0.897. The topological polar surface area (TPSA) is 110 Å². The molecule has 1 aromatic carbocycles. The molecule has 0 saturated heterocycles. The molecule has 0 aliphatic carbocycles. The number of rotatable bonds is 6. The molecule has 0 fully saturated rings. The number of carboxylic acid groups (broad SMARTS) is 1. The standard InChI is InChI=1S/C12H13FN2O5/c1-2-7(5-11(16)17)14-12(18)9-6-8(15(19)20)3-4-10(9)13/h3-4,6-7H,2,5H2,1H3,(H,14,18)(H,16,17). The molecule has 1 unspecified atom stereocenters. The van der Waals surface area contributed by atoms with Gasteiger partial charge in [-0.15, -0.1) is 0 Å². The van der Waals surface area contributed by atoms with Crippen LogP contribution in [0.25, 0.3) is 0 Å². The van der Waals surface area contributed by atoms with E-state index in [0.29, 0.717) is 6.42 Å². The second-order valence-corrected chi connectivity index (χ2v) is 4.10. The average Bonchev–Trinajstić information content (AvgIpc) is 2.37. The van der Waals surface area contributed by atoms with Gasteiger partial charge in [0.15, 0.2) is 0 Å². The quantitative estimate of drug-likeness (QED) is 0.610. The average molecular weight is 284 g/mol. The highest BCUT2D eigenvalue weighted by Crippen LogP contribution is 2.17. The number of nitrogens with zero attached hydrogens (tertiary/aromatic N) is 1. The van der Waals surface area contributed by atoms with Crippen LogP contribution in [0.5, 0.6) is 0 Å². The van der Waals surface area contributed by atoms with Crippen LogP contribution >= 0.6 is 0 Å². The molecule has 7 nitrogen and oxygen atoms in total. The third-order valence-corrected chi connectivity index (χ3v) is 2.65. The van der Waals surface area contributed by atoms with Gasteiger partial charge in [-0.2, -0.15) is 0 Å². The van der Waals surface area contributed by atoms with E-state index in [-0.39, 0.29) is 6.42 Å². The van der Waals surface area contributed by atoms with Gasteiger partial charge < -0.3 is 10.4 Å². The fraction of sp³-hybridized carbons (Fsp3) is 0.333. The molecule has 0 bridgehead atoms. The molecular weight excluding hydrogens is 271 g/mol. The predicted molar refractivity (Wildman–Crippen MR) is 66.9 cm³/mol. The Morgan fingerprint density at radius 1 is 1.50 bits per heavy atom. The molecule has 0 saturated carbocycles. The van der Waals surface area contributed by atoms with E-state index >= 15 is 0 Å². The zero-order valence-electron chi connectivity index (χ0n) is 10.6. The maximum Gasteiger partial charge on any atom is 0.305 e. The van der Waals surface area contributed by atoms with Crippen LogP contribution in [0.15, 0.2) is 18.2 Å². The lowest BCUT2D eigenvalue weighted by Gasteiger charge is -2.14. The Bertz CT molecular complexity index is 547. The molecule has 0 aliphatic heterocycles. The fourth-order valence-electron chi connectivity index (χ4n) is 1.57. The third-order valence-electron chi connectivity index (χ3n) is 2.65. The van der Waals surface area contributed by atoms with Crippen molar-refractivity contribution in [2.24, 2.45) is 0 Å². The van der Waals surface area contributed by atoms with E-state index in [1.165, 1.54) is 0 Å². The molecule has 0 aromatic heterocycles. The van der Waals surface area contributed by atoms with Crippen LogP contribution in [0.2, 0.25) is 0 Å². The van der Waals surface area contributed by atoms with Crippen LogP contribution in [-0.4, -0.2) is 27.9 Å². The molecule has 0 aliphatic rings. The van der Waals surface area contributed by atoms with E-state index in [4.69, 9.17) is 5.11 Å². The molecule has 1 rings (SSSR count). The highest BCUT2D eigenvalue weighted by atomic mass is 19.1. The van der Waals surface area contributed by atoms with E-state index in [9.17, 15) is 24.1 Å². The third kappa shape index (κ3) is 4.01. The number of nitro groups is 1.